The van der Waals surface area contributed by atoms with E-state index in [0.717, 1.165) is 6.42 Å². The number of H-pyrrole nitrogens is 1. The molecule has 6 heteroatoms. The van der Waals surface area contributed by atoms with Gasteiger partial charge in [-0.3, -0.25) is 9.59 Å². The fourth-order valence-corrected chi connectivity index (χ4v) is 2.97. The Morgan fingerprint density at radius 3 is 3.10 bits per heavy atom. The first-order valence-electron chi connectivity index (χ1n) is 6.82. The van der Waals surface area contributed by atoms with Crippen LogP contribution in [0, 0.1) is 0 Å². The van der Waals surface area contributed by atoms with Crippen LogP contribution in [0.25, 0.3) is 10.2 Å². The van der Waals surface area contributed by atoms with Crippen molar-refractivity contribution in [2.45, 2.75) is 26.3 Å². The highest BCUT2D eigenvalue weighted by Crippen LogP contribution is 2.14. The van der Waals surface area contributed by atoms with Crippen molar-refractivity contribution in [2.75, 3.05) is 0 Å². The molecule has 3 aromatic heterocycles. The number of rotatable bonds is 5. The van der Waals surface area contributed by atoms with Crippen LogP contribution >= 0.6 is 11.3 Å². The highest BCUT2D eigenvalue weighted by Gasteiger charge is 2.08. The Labute approximate surface area is 125 Å². The summed E-state index contributed by atoms with van der Waals surface area (Å²) in [4.78, 5) is 30.9. The topological polar surface area (TPSA) is 67.8 Å². The van der Waals surface area contributed by atoms with Crippen molar-refractivity contribution in [2.24, 2.45) is 0 Å². The Bertz CT molecular complexity index is 844. The van der Waals surface area contributed by atoms with Crippen molar-refractivity contribution in [3.8, 4) is 0 Å². The molecule has 0 amide bonds. The maximum absolute atomic E-state index is 11.9. The zero-order valence-corrected chi connectivity index (χ0v) is 12.4. The molecule has 21 heavy (non-hydrogen) atoms. The minimum Gasteiger partial charge on any atom is -0.346 e. The third-order valence-corrected chi connectivity index (χ3v) is 4.15. The molecule has 3 heterocycles. The molecule has 0 radical (unpaired) electrons. The number of hydrogen-bond acceptors (Lipinski definition) is 4. The van der Waals surface area contributed by atoms with Gasteiger partial charge in [0.25, 0.3) is 5.56 Å². The molecule has 0 aliphatic heterocycles. The first-order chi connectivity index (χ1) is 10.2. The molecule has 3 aromatic rings. The van der Waals surface area contributed by atoms with Crippen LogP contribution in [0.3, 0.4) is 0 Å². The predicted octanol–water partition coefficient (Wildman–Crippen LogP) is 2.82. The molecule has 5 nitrogen and oxygen atoms in total. The number of ketones is 1. The third-order valence-electron chi connectivity index (χ3n) is 3.25. The number of Topliss-reactive ketones (excluding diaryl/α,β-unsaturated/α-hetero) is 1. The molecule has 0 bridgehead atoms. The lowest BCUT2D eigenvalue weighted by atomic mass is 10.1. The summed E-state index contributed by atoms with van der Waals surface area (Å²) in [6.45, 7) is 2.43. The van der Waals surface area contributed by atoms with Gasteiger partial charge in [-0.1, -0.05) is 6.92 Å². The summed E-state index contributed by atoms with van der Waals surface area (Å²) in [6.07, 6.45) is 5.03. The Kier molecular flexibility index (Phi) is 3.70. The van der Waals surface area contributed by atoms with Crippen LogP contribution in [-0.4, -0.2) is 20.3 Å². The standard InChI is InChI=1S/C15H15N3O2S/c1-2-3-12(19)10-4-6-18(8-10)9-13-16-11-5-7-21-14(11)15(20)17-13/h4-8H,2-3,9H2,1H3,(H,16,17,20). The minimum absolute atomic E-state index is 0.112. The zero-order valence-electron chi connectivity index (χ0n) is 11.6. The number of nitrogens with one attached hydrogen (secondary N) is 1. The predicted molar refractivity (Wildman–Crippen MR) is 83.0 cm³/mol. The lowest BCUT2D eigenvalue weighted by Gasteiger charge is -2.02. The quantitative estimate of drug-likeness (QED) is 0.737. The Hall–Kier alpha value is -2.21. The van der Waals surface area contributed by atoms with E-state index in [2.05, 4.69) is 9.97 Å². The number of hydrogen-bond donors (Lipinski definition) is 1. The van der Waals surface area contributed by atoms with Gasteiger partial charge >= 0.3 is 0 Å². The van der Waals surface area contributed by atoms with Gasteiger partial charge in [0.15, 0.2) is 5.78 Å². The highest BCUT2D eigenvalue weighted by molar-refractivity contribution is 7.17. The van der Waals surface area contributed by atoms with E-state index in [1.54, 1.807) is 12.3 Å². The number of carbonyl (C=O) groups is 1. The SMILES string of the molecule is CCCC(=O)c1ccn(Cc2nc3ccsc3c(=O)[nH]2)c1. The molecule has 0 fully saturated rings. The largest absolute Gasteiger partial charge is 0.346 e. The van der Waals surface area contributed by atoms with E-state index in [1.165, 1.54) is 11.3 Å². The van der Waals surface area contributed by atoms with Gasteiger partial charge in [0.1, 0.15) is 10.5 Å². The van der Waals surface area contributed by atoms with E-state index >= 15 is 0 Å². The van der Waals surface area contributed by atoms with Crippen molar-refractivity contribution in [1.82, 2.24) is 14.5 Å². The molecule has 0 aliphatic rings. The maximum atomic E-state index is 11.9. The fourth-order valence-electron chi connectivity index (χ4n) is 2.24. The summed E-state index contributed by atoms with van der Waals surface area (Å²) in [5.74, 6) is 0.738. The third kappa shape index (κ3) is 2.80. The van der Waals surface area contributed by atoms with Gasteiger partial charge in [-0.2, -0.15) is 0 Å². The highest BCUT2D eigenvalue weighted by atomic mass is 32.1. The monoisotopic (exact) mass is 301 g/mol. The van der Waals surface area contributed by atoms with Crippen LogP contribution in [0.15, 0.2) is 34.7 Å². The Balaban J connectivity index is 1.85. The number of thiophene rings is 1. The maximum Gasteiger partial charge on any atom is 0.268 e. The molecule has 0 aromatic carbocycles. The molecule has 108 valence electrons. The van der Waals surface area contributed by atoms with Gasteiger partial charge in [-0.25, -0.2) is 4.98 Å². The van der Waals surface area contributed by atoms with E-state index in [0.29, 0.717) is 34.6 Å². The Morgan fingerprint density at radius 1 is 1.43 bits per heavy atom. The molecule has 0 aliphatic carbocycles. The van der Waals surface area contributed by atoms with Crippen LogP contribution in [0.4, 0.5) is 0 Å². The van der Waals surface area contributed by atoms with Crippen LogP contribution in [0.1, 0.15) is 35.9 Å². The van der Waals surface area contributed by atoms with Crippen LogP contribution in [0.5, 0.6) is 0 Å². The molecule has 1 N–H and O–H groups in total. The van der Waals surface area contributed by atoms with Crippen LogP contribution in [-0.2, 0) is 6.54 Å². The molecule has 3 rings (SSSR count). The lowest BCUT2D eigenvalue weighted by molar-refractivity contribution is 0.0981. The first-order valence-corrected chi connectivity index (χ1v) is 7.70. The van der Waals surface area contributed by atoms with Crippen molar-refractivity contribution in [3.63, 3.8) is 0 Å². The van der Waals surface area contributed by atoms with E-state index in [1.807, 2.05) is 29.1 Å². The van der Waals surface area contributed by atoms with Gasteiger partial charge in [-0.05, 0) is 23.9 Å². The summed E-state index contributed by atoms with van der Waals surface area (Å²) in [5.41, 5.74) is 1.31. The van der Waals surface area contributed by atoms with Gasteiger partial charge < -0.3 is 9.55 Å². The summed E-state index contributed by atoms with van der Waals surface area (Å²) < 4.78 is 2.50. The Morgan fingerprint density at radius 2 is 2.29 bits per heavy atom. The average Bonchev–Trinajstić information content (AvgIpc) is 3.08. The minimum atomic E-state index is -0.112. The van der Waals surface area contributed by atoms with Gasteiger partial charge in [0.05, 0.1) is 12.1 Å². The smallest absolute Gasteiger partial charge is 0.268 e. The first kappa shape index (κ1) is 13.8. The second kappa shape index (κ2) is 5.65. The fraction of sp³-hybridized carbons (Fsp3) is 0.267. The second-order valence-corrected chi connectivity index (χ2v) is 5.81. The van der Waals surface area contributed by atoms with Crippen molar-refractivity contribution >= 4 is 27.3 Å². The van der Waals surface area contributed by atoms with Crippen molar-refractivity contribution < 1.29 is 4.79 Å². The van der Waals surface area contributed by atoms with Gasteiger partial charge in [0.2, 0.25) is 0 Å². The van der Waals surface area contributed by atoms with E-state index in [9.17, 15) is 9.59 Å². The molecular weight excluding hydrogens is 286 g/mol. The summed E-state index contributed by atoms with van der Waals surface area (Å²) in [5, 5.41) is 1.86. The molecule has 0 spiro atoms. The number of aromatic nitrogens is 3. The van der Waals surface area contributed by atoms with Gasteiger partial charge in [0, 0.05) is 24.4 Å². The van der Waals surface area contributed by atoms with E-state index in [-0.39, 0.29) is 11.3 Å². The lowest BCUT2D eigenvalue weighted by Crippen LogP contribution is -2.12. The average molecular weight is 301 g/mol. The number of nitrogens with zero attached hydrogens (tertiary/aromatic N) is 2. The molecule has 0 atom stereocenters. The number of carbonyl (C=O) groups excluding carboxylic acids is 1. The van der Waals surface area contributed by atoms with E-state index in [4.69, 9.17) is 0 Å². The van der Waals surface area contributed by atoms with Crippen LogP contribution < -0.4 is 5.56 Å². The van der Waals surface area contributed by atoms with Gasteiger partial charge in [-0.15, -0.1) is 11.3 Å². The summed E-state index contributed by atoms with van der Waals surface area (Å²) in [7, 11) is 0. The second-order valence-electron chi connectivity index (χ2n) is 4.89. The summed E-state index contributed by atoms with van der Waals surface area (Å²) in [6, 6.07) is 3.64. The van der Waals surface area contributed by atoms with Crippen molar-refractivity contribution in [3.05, 3.63) is 51.6 Å². The normalized spacial score (nSPS) is 11.1. The van der Waals surface area contributed by atoms with Crippen LogP contribution in [0.2, 0.25) is 0 Å². The van der Waals surface area contributed by atoms with Crippen molar-refractivity contribution in [1.29, 1.82) is 0 Å². The zero-order chi connectivity index (χ0) is 14.8. The molecular formula is C15H15N3O2S. The number of fused-ring (bicyclic) bond motifs is 1. The summed E-state index contributed by atoms with van der Waals surface area (Å²) >= 11 is 1.38. The molecule has 0 unspecified atom stereocenters. The number of aromatic amines is 1. The molecule has 0 saturated heterocycles. The van der Waals surface area contributed by atoms with E-state index < -0.39 is 0 Å². The molecule has 0 saturated carbocycles.